The molecule has 5 nitrogen and oxygen atoms in total. The normalized spacial score (nSPS) is 13.9. The fourth-order valence-electron chi connectivity index (χ4n) is 2.27. The summed E-state index contributed by atoms with van der Waals surface area (Å²) in [6, 6.07) is 3.53. The molecular weight excluding hydrogens is 338 g/mol. The van der Waals surface area contributed by atoms with Crippen LogP contribution in [0.4, 0.5) is 10.5 Å². The first kappa shape index (κ1) is 15.8. The third kappa shape index (κ3) is 3.37. The number of carbonyl (C=O) groups excluding carboxylic acids is 2. The maximum atomic E-state index is 12.3. The lowest BCUT2D eigenvalue weighted by molar-refractivity contribution is 0.0578. The number of benzene rings is 1. The highest BCUT2D eigenvalue weighted by molar-refractivity contribution is 9.10. The summed E-state index contributed by atoms with van der Waals surface area (Å²) < 4.78 is 10.9. The van der Waals surface area contributed by atoms with E-state index in [-0.39, 0.29) is 0 Å². The zero-order valence-electron chi connectivity index (χ0n) is 12.5. The zero-order chi connectivity index (χ0) is 15.8. The average molecular weight is 356 g/mol. The van der Waals surface area contributed by atoms with Gasteiger partial charge in [-0.25, -0.2) is 9.59 Å². The molecule has 0 spiro atoms. The molecule has 0 saturated heterocycles. The van der Waals surface area contributed by atoms with Gasteiger partial charge in [0, 0.05) is 11.0 Å². The molecule has 0 radical (unpaired) electrons. The number of amides is 1. The van der Waals surface area contributed by atoms with E-state index in [1.54, 1.807) is 11.0 Å². The Balaban J connectivity index is 2.38. The van der Waals surface area contributed by atoms with Gasteiger partial charge in [0.1, 0.15) is 5.60 Å². The Hall–Kier alpha value is -1.56. The predicted octanol–water partition coefficient (Wildman–Crippen LogP) is 3.53. The van der Waals surface area contributed by atoms with E-state index in [2.05, 4.69) is 15.9 Å². The Labute approximate surface area is 132 Å². The van der Waals surface area contributed by atoms with Crippen LogP contribution >= 0.6 is 15.9 Å². The van der Waals surface area contributed by atoms with Crippen molar-refractivity contribution in [2.24, 2.45) is 0 Å². The highest BCUT2D eigenvalue weighted by atomic mass is 79.9. The number of rotatable bonds is 1. The molecule has 1 heterocycles. The Morgan fingerprint density at radius 3 is 2.52 bits per heavy atom. The number of ether oxygens (including phenoxy) is 2. The summed E-state index contributed by atoms with van der Waals surface area (Å²) in [5.41, 5.74) is 1.43. The predicted molar refractivity (Wildman–Crippen MR) is 82.8 cm³/mol. The van der Waals surface area contributed by atoms with Crippen LogP contribution < -0.4 is 4.90 Å². The molecule has 0 aliphatic carbocycles. The molecular formula is C15H18BrNO4. The van der Waals surface area contributed by atoms with Gasteiger partial charge in [-0.2, -0.15) is 0 Å². The van der Waals surface area contributed by atoms with E-state index >= 15 is 0 Å². The molecule has 0 saturated carbocycles. The van der Waals surface area contributed by atoms with Gasteiger partial charge >= 0.3 is 12.1 Å². The maximum Gasteiger partial charge on any atom is 0.414 e. The van der Waals surface area contributed by atoms with Crippen LogP contribution in [0.2, 0.25) is 0 Å². The van der Waals surface area contributed by atoms with Gasteiger partial charge in [0.15, 0.2) is 0 Å². The second-order valence-electron chi connectivity index (χ2n) is 5.82. The van der Waals surface area contributed by atoms with Gasteiger partial charge < -0.3 is 9.47 Å². The molecule has 0 unspecified atom stereocenters. The van der Waals surface area contributed by atoms with Crippen molar-refractivity contribution < 1.29 is 19.1 Å². The Bertz CT molecular complexity index is 592. The van der Waals surface area contributed by atoms with Gasteiger partial charge in [-0.1, -0.05) is 15.9 Å². The van der Waals surface area contributed by atoms with Crippen LogP contribution in [0.5, 0.6) is 0 Å². The molecule has 0 atom stereocenters. The number of anilines is 1. The second-order valence-corrected chi connectivity index (χ2v) is 6.74. The third-order valence-electron chi connectivity index (χ3n) is 3.09. The first-order valence-corrected chi connectivity index (χ1v) is 7.43. The van der Waals surface area contributed by atoms with Crippen molar-refractivity contribution >= 4 is 33.7 Å². The summed E-state index contributed by atoms with van der Waals surface area (Å²) in [5.74, 6) is -0.404. The Kier molecular flexibility index (Phi) is 4.27. The first-order chi connectivity index (χ1) is 9.73. The minimum Gasteiger partial charge on any atom is -0.465 e. The number of fused-ring (bicyclic) bond motifs is 1. The minimum atomic E-state index is -0.559. The second kappa shape index (κ2) is 5.67. The highest BCUT2D eigenvalue weighted by Crippen LogP contribution is 2.35. The molecule has 2 rings (SSSR count). The third-order valence-corrected chi connectivity index (χ3v) is 3.54. The quantitative estimate of drug-likeness (QED) is 0.723. The van der Waals surface area contributed by atoms with Crippen LogP contribution in [0, 0.1) is 0 Å². The van der Waals surface area contributed by atoms with Crippen LogP contribution in [-0.4, -0.2) is 31.3 Å². The molecule has 0 aromatic heterocycles. The van der Waals surface area contributed by atoms with E-state index < -0.39 is 17.7 Å². The van der Waals surface area contributed by atoms with Gasteiger partial charge in [0.05, 0.1) is 18.4 Å². The number of hydrogen-bond acceptors (Lipinski definition) is 4. The van der Waals surface area contributed by atoms with Crippen molar-refractivity contribution in [1.29, 1.82) is 0 Å². The summed E-state index contributed by atoms with van der Waals surface area (Å²) in [7, 11) is 1.34. The van der Waals surface area contributed by atoms with Crippen molar-refractivity contribution in [3.05, 3.63) is 27.7 Å². The van der Waals surface area contributed by atoms with E-state index in [9.17, 15) is 9.59 Å². The number of nitrogens with zero attached hydrogens (tertiary/aromatic N) is 1. The van der Waals surface area contributed by atoms with Gasteiger partial charge in [0.2, 0.25) is 0 Å². The molecule has 6 heteroatoms. The Morgan fingerprint density at radius 2 is 1.95 bits per heavy atom. The molecule has 114 valence electrons. The summed E-state index contributed by atoms with van der Waals surface area (Å²) in [6.07, 6.45) is 0.196. The fourth-order valence-corrected chi connectivity index (χ4v) is 2.71. The van der Waals surface area contributed by atoms with E-state index in [0.717, 1.165) is 10.0 Å². The summed E-state index contributed by atoms with van der Waals surface area (Å²) in [4.78, 5) is 25.7. The fraction of sp³-hybridized carbons (Fsp3) is 0.467. The average Bonchev–Trinajstić information content (AvgIpc) is 2.78. The van der Waals surface area contributed by atoms with Crippen LogP contribution in [0.1, 0.15) is 36.7 Å². The smallest absolute Gasteiger partial charge is 0.414 e. The van der Waals surface area contributed by atoms with Crippen LogP contribution in [0.25, 0.3) is 0 Å². The van der Waals surface area contributed by atoms with Crippen molar-refractivity contribution in [1.82, 2.24) is 0 Å². The standard InChI is InChI=1S/C15H18BrNO4/c1-15(2,3)21-14(19)17-6-5-10-11(13(18)20-4)7-9(16)8-12(10)17/h7-8H,5-6H2,1-4H3. The zero-order valence-corrected chi connectivity index (χ0v) is 14.1. The number of halogens is 1. The van der Waals surface area contributed by atoms with E-state index in [1.165, 1.54) is 7.11 Å². The molecule has 0 bridgehead atoms. The number of methoxy groups -OCH3 is 1. The molecule has 1 aromatic rings. The molecule has 1 aliphatic heterocycles. The first-order valence-electron chi connectivity index (χ1n) is 6.64. The molecule has 1 amide bonds. The van der Waals surface area contributed by atoms with E-state index in [1.807, 2.05) is 26.8 Å². The molecule has 1 aromatic carbocycles. The van der Waals surface area contributed by atoms with Gasteiger partial charge in [-0.3, -0.25) is 4.90 Å². The summed E-state index contributed by atoms with van der Waals surface area (Å²) in [5, 5.41) is 0. The Morgan fingerprint density at radius 1 is 1.29 bits per heavy atom. The van der Waals surface area contributed by atoms with Crippen molar-refractivity contribution in [2.45, 2.75) is 32.8 Å². The highest BCUT2D eigenvalue weighted by Gasteiger charge is 2.32. The van der Waals surface area contributed by atoms with Crippen molar-refractivity contribution in [3.8, 4) is 0 Å². The largest absolute Gasteiger partial charge is 0.465 e. The van der Waals surface area contributed by atoms with Crippen molar-refractivity contribution in [3.63, 3.8) is 0 Å². The molecule has 21 heavy (non-hydrogen) atoms. The van der Waals surface area contributed by atoms with E-state index in [0.29, 0.717) is 24.2 Å². The monoisotopic (exact) mass is 355 g/mol. The van der Waals surface area contributed by atoms with Crippen LogP contribution in [-0.2, 0) is 15.9 Å². The summed E-state index contributed by atoms with van der Waals surface area (Å²) >= 11 is 3.36. The molecule has 1 aliphatic rings. The topological polar surface area (TPSA) is 55.8 Å². The summed E-state index contributed by atoms with van der Waals surface area (Å²) in [6.45, 7) is 5.96. The molecule has 0 fully saturated rings. The van der Waals surface area contributed by atoms with Crippen LogP contribution in [0.15, 0.2) is 16.6 Å². The lowest BCUT2D eigenvalue weighted by Gasteiger charge is -2.25. The van der Waals surface area contributed by atoms with Crippen molar-refractivity contribution in [2.75, 3.05) is 18.6 Å². The molecule has 0 N–H and O–H groups in total. The minimum absolute atomic E-state index is 0.404. The van der Waals surface area contributed by atoms with Crippen LogP contribution in [0.3, 0.4) is 0 Å². The number of esters is 1. The van der Waals surface area contributed by atoms with Gasteiger partial charge in [-0.05, 0) is 44.9 Å². The lowest BCUT2D eigenvalue weighted by atomic mass is 10.1. The van der Waals surface area contributed by atoms with Gasteiger partial charge in [0.25, 0.3) is 0 Å². The SMILES string of the molecule is COC(=O)c1cc(Br)cc2c1CCN2C(=O)OC(C)(C)C. The lowest BCUT2D eigenvalue weighted by Crippen LogP contribution is -2.35. The number of hydrogen-bond donors (Lipinski definition) is 0. The van der Waals surface area contributed by atoms with E-state index in [4.69, 9.17) is 9.47 Å². The number of carbonyl (C=O) groups is 2. The maximum absolute atomic E-state index is 12.3. The van der Waals surface area contributed by atoms with Gasteiger partial charge in [-0.15, -0.1) is 0 Å².